The number of anilines is 1. The number of nitrogens with one attached hydrogen (secondary N) is 3. The first kappa shape index (κ1) is 23.2. The first-order chi connectivity index (χ1) is 14.1. The van der Waals surface area contributed by atoms with Crippen molar-refractivity contribution in [3.63, 3.8) is 0 Å². The zero-order valence-corrected chi connectivity index (χ0v) is 18.1. The molecular weight excluding hydrogens is 408 g/mol. The molecule has 162 valence electrons. The Kier molecular flexibility index (Phi) is 7.79. The lowest BCUT2D eigenvalue weighted by molar-refractivity contribution is -0.120. The number of hydrogen-bond acceptors (Lipinski definition) is 6. The van der Waals surface area contributed by atoms with Crippen LogP contribution in [0.5, 0.6) is 5.75 Å². The van der Waals surface area contributed by atoms with E-state index in [4.69, 9.17) is 4.74 Å². The molecule has 0 fully saturated rings. The number of carbonyl (C=O) groups excluding carboxylic acids is 2. The zero-order valence-electron chi connectivity index (χ0n) is 17.3. The number of nitrogens with zero attached hydrogens (tertiary/aromatic N) is 1. The SMILES string of the molecule is COc1ccc(NCC(=O)NNC(=O)c2ccc(S(=O)(=O)N(C)C(C)C)cc2)cc1. The predicted molar refractivity (Wildman–Crippen MR) is 114 cm³/mol. The van der Waals surface area contributed by atoms with Gasteiger partial charge in [-0.3, -0.25) is 20.4 Å². The number of hydrazine groups is 1. The van der Waals surface area contributed by atoms with Gasteiger partial charge in [-0.05, 0) is 62.4 Å². The molecule has 0 heterocycles. The fourth-order valence-electron chi connectivity index (χ4n) is 2.36. The minimum Gasteiger partial charge on any atom is -0.497 e. The molecule has 0 saturated heterocycles. The smallest absolute Gasteiger partial charge is 0.269 e. The maximum absolute atomic E-state index is 12.4. The third-order valence-corrected chi connectivity index (χ3v) is 6.43. The van der Waals surface area contributed by atoms with Gasteiger partial charge >= 0.3 is 0 Å². The number of methoxy groups -OCH3 is 1. The van der Waals surface area contributed by atoms with Crippen LogP contribution in [0.2, 0.25) is 0 Å². The van der Waals surface area contributed by atoms with E-state index in [0.29, 0.717) is 5.75 Å². The number of rotatable bonds is 8. The fraction of sp³-hybridized carbons (Fsp3) is 0.300. The molecular formula is C20H26N4O5S. The van der Waals surface area contributed by atoms with Gasteiger partial charge in [-0.25, -0.2) is 8.42 Å². The van der Waals surface area contributed by atoms with E-state index >= 15 is 0 Å². The van der Waals surface area contributed by atoms with Crippen LogP contribution in [0.1, 0.15) is 24.2 Å². The van der Waals surface area contributed by atoms with Crippen LogP contribution >= 0.6 is 0 Å². The standard InChI is InChI=1S/C20H26N4O5S/c1-14(2)24(3)30(27,28)18-11-5-15(6-12-18)20(26)23-22-19(25)13-21-16-7-9-17(29-4)10-8-16/h5-12,14,21H,13H2,1-4H3,(H,22,25)(H,23,26). The molecule has 0 aliphatic rings. The molecule has 0 saturated carbocycles. The summed E-state index contributed by atoms with van der Waals surface area (Å²) in [4.78, 5) is 24.2. The van der Waals surface area contributed by atoms with Crippen molar-refractivity contribution in [1.82, 2.24) is 15.2 Å². The fourth-order valence-corrected chi connectivity index (χ4v) is 3.72. The third kappa shape index (κ3) is 5.94. The van der Waals surface area contributed by atoms with E-state index in [2.05, 4.69) is 16.2 Å². The number of sulfonamides is 1. The van der Waals surface area contributed by atoms with Crippen LogP contribution in [0.15, 0.2) is 53.4 Å². The minimum absolute atomic E-state index is 0.0503. The summed E-state index contributed by atoms with van der Waals surface area (Å²) in [5.74, 6) is -0.308. The monoisotopic (exact) mass is 434 g/mol. The van der Waals surface area contributed by atoms with Gasteiger partial charge in [-0.2, -0.15) is 4.31 Å². The van der Waals surface area contributed by atoms with Crippen molar-refractivity contribution in [3.8, 4) is 5.75 Å². The molecule has 0 aliphatic carbocycles. The Balaban J connectivity index is 1.87. The Morgan fingerprint density at radius 2 is 1.60 bits per heavy atom. The van der Waals surface area contributed by atoms with Crippen LogP contribution in [0.25, 0.3) is 0 Å². The van der Waals surface area contributed by atoms with Gasteiger partial charge in [-0.15, -0.1) is 0 Å². The van der Waals surface area contributed by atoms with E-state index in [1.807, 2.05) is 0 Å². The van der Waals surface area contributed by atoms with Gasteiger partial charge in [0, 0.05) is 24.3 Å². The molecule has 0 aliphatic heterocycles. The van der Waals surface area contributed by atoms with Gasteiger partial charge < -0.3 is 10.1 Å². The van der Waals surface area contributed by atoms with Gasteiger partial charge in [-0.1, -0.05) is 0 Å². The molecule has 9 nitrogen and oxygen atoms in total. The van der Waals surface area contributed by atoms with Gasteiger partial charge in [0.1, 0.15) is 5.75 Å². The van der Waals surface area contributed by atoms with Crippen LogP contribution in [0, 0.1) is 0 Å². The van der Waals surface area contributed by atoms with E-state index in [1.54, 1.807) is 45.2 Å². The minimum atomic E-state index is -3.63. The van der Waals surface area contributed by atoms with Crippen molar-refractivity contribution in [2.75, 3.05) is 26.0 Å². The van der Waals surface area contributed by atoms with E-state index in [9.17, 15) is 18.0 Å². The molecule has 0 unspecified atom stereocenters. The average molecular weight is 435 g/mol. The summed E-state index contributed by atoms with van der Waals surface area (Å²) in [5.41, 5.74) is 5.53. The molecule has 2 rings (SSSR count). The van der Waals surface area contributed by atoms with Crippen molar-refractivity contribution in [2.24, 2.45) is 0 Å². The van der Waals surface area contributed by atoms with Crippen LogP contribution in [-0.4, -0.2) is 51.3 Å². The highest BCUT2D eigenvalue weighted by molar-refractivity contribution is 7.89. The number of ether oxygens (including phenoxy) is 1. The topological polar surface area (TPSA) is 117 Å². The number of hydrogen-bond donors (Lipinski definition) is 3. The first-order valence-electron chi connectivity index (χ1n) is 9.20. The molecule has 0 aromatic heterocycles. The maximum Gasteiger partial charge on any atom is 0.269 e. The van der Waals surface area contributed by atoms with E-state index in [1.165, 1.54) is 35.6 Å². The zero-order chi connectivity index (χ0) is 22.3. The molecule has 10 heteroatoms. The van der Waals surface area contributed by atoms with Crippen molar-refractivity contribution < 1.29 is 22.7 Å². The summed E-state index contributed by atoms with van der Waals surface area (Å²) in [6, 6.07) is 12.3. The molecule has 0 atom stereocenters. The van der Waals surface area contributed by atoms with Crippen molar-refractivity contribution in [3.05, 3.63) is 54.1 Å². The Morgan fingerprint density at radius 3 is 2.13 bits per heavy atom. The summed E-state index contributed by atoms with van der Waals surface area (Å²) in [7, 11) is -0.568. The number of carbonyl (C=O) groups is 2. The second kappa shape index (κ2) is 10.1. The molecule has 0 radical (unpaired) electrons. The molecule has 3 N–H and O–H groups in total. The van der Waals surface area contributed by atoms with Gasteiger partial charge in [0.15, 0.2) is 0 Å². The number of benzene rings is 2. The van der Waals surface area contributed by atoms with Crippen LogP contribution in [0.4, 0.5) is 5.69 Å². The quantitative estimate of drug-likeness (QED) is 0.544. The van der Waals surface area contributed by atoms with Gasteiger partial charge in [0.25, 0.3) is 11.8 Å². The van der Waals surface area contributed by atoms with Crippen LogP contribution in [-0.2, 0) is 14.8 Å². The summed E-state index contributed by atoms with van der Waals surface area (Å²) in [6.45, 7) is 3.49. The predicted octanol–water partition coefficient (Wildman–Crippen LogP) is 1.60. The summed E-state index contributed by atoms with van der Waals surface area (Å²) < 4.78 is 31.2. The average Bonchev–Trinajstić information content (AvgIpc) is 2.75. The van der Waals surface area contributed by atoms with Gasteiger partial charge in [0.2, 0.25) is 10.0 Å². The van der Waals surface area contributed by atoms with Crippen molar-refractivity contribution in [2.45, 2.75) is 24.8 Å². The molecule has 0 spiro atoms. The van der Waals surface area contributed by atoms with Crippen LogP contribution in [0.3, 0.4) is 0 Å². The second-order valence-corrected chi connectivity index (χ2v) is 8.72. The summed E-state index contributed by atoms with van der Waals surface area (Å²) in [5, 5.41) is 2.91. The largest absolute Gasteiger partial charge is 0.497 e. The maximum atomic E-state index is 12.4. The highest BCUT2D eigenvalue weighted by Gasteiger charge is 2.23. The first-order valence-corrected chi connectivity index (χ1v) is 10.6. The lowest BCUT2D eigenvalue weighted by Gasteiger charge is -2.21. The third-order valence-electron chi connectivity index (χ3n) is 4.38. The lowest BCUT2D eigenvalue weighted by Crippen LogP contribution is -2.44. The Bertz CT molecular complexity index is 973. The van der Waals surface area contributed by atoms with E-state index < -0.39 is 21.8 Å². The molecule has 0 bridgehead atoms. The summed E-state index contributed by atoms with van der Waals surface area (Å²) >= 11 is 0. The van der Waals surface area contributed by atoms with E-state index in [-0.39, 0.29) is 23.0 Å². The number of amides is 2. The van der Waals surface area contributed by atoms with Crippen molar-refractivity contribution >= 4 is 27.5 Å². The normalized spacial score (nSPS) is 11.3. The second-order valence-electron chi connectivity index (χ2n) is 6.72. The Morgan fingerprint density at radius 1 is 1.00 bits per heavy atom. The molecule has 2 aromatic rings. The van der Waals surface area contributed by atoms with Crippen LogP contribution < -0.4 is 20.9 Å². The van der Waals surface area contributed by atoms with Gasteiger partial charge in [0.05, 0.1) is 18.6 Å². The molecule has 2 amide bonds. The van der Waals surface area contributed by atoms with Crippen molar-refractivity contribution in [1.29, 1.82) is 0 Å². The Hall–Kier alpha value is -3.11. The highest BCUT2D eigenvalue weighted by atomic mass is 32.2. The summed E-state index contributed by atoms with van der Waals surface area (Å²) in [6.07, 6.45) is 0. The van der Waals surface area contributed by atoms with E-state index in [0.717, 1.165) is 5.69 Å². The molecule has 30 heavy (non-hydrogen) atoms. The lowest BCUT2D eigenvalue weighted by atomic mass is 10.2. The highest BCUT2D eigenvalue weighted by Crippen LogP contribution is 2.17. The molecule has 2 aromatic carbocycles. The Labute approximate surface area is 176 Å².